The van der Waals surface area contributed by atoms with Gasteiger partial charge in [0.05, 0.1) is 0 Å². The summed E-state index contributed by atoms with van der Waals surface area (Å²) in [4.78, 5) is 22.7. The average Bonchev–Trinajstić information content (AvgIpc) is 2.36. The first kappa shape index (κ1) is 18.7. The van der Waals surface area contributed by atoms with E-state index in [1.165, 1.54) is 7.05 Å². The predicted molar refractivity (Wildman–Crippen MR) is 77.6 cm³/mol. The number of rotatable bonds is 8. The first-order valence-electron chi connectivity index (χ1n) is 6.91. The van der Waals surface area contributed by atoms with Crippen LogP contribution in [-0.2, 0) is 14.3 Å². The number of hydrogen-bond donors (Lipinski definition) is 2. The van der Waals surface area contributed by atoms with Gasteiger partial charge in [-0.3, -0.25) is 4.79 Å². The lowest BCUT2D eigenvalue weighted by atomic mass is 10.0. The predicted octanol–water partition coefficient (Wildman–Crippen LogP) is 1.83. The van der Waals surface area contributed by atoms with E-state index in [0.29, 0.717) is 6.61 Å². The second kappa shape index (κ2) is 8.09. The molecule has 2 N–H and O–H groups in total. The van der Waals surface area contributed by atoms with Gasteiger partial charge in [0.15, 0.2) is 0 Å². The summed E-state index contributed by atoms with van der Waals surface area (Å²) in [5.41, 5.74) is -1.32. The maximum absolute atomic E-state index is 11.5. The summed E-state index contributed by atoms with van der Waals surface area (Å²) < 4.78 is 10.8. The lowest BCUT2D eigenvalue weighted by Crippen LogP contribution is -2.42. The van der Waals surface area contributed by atoms with E-state index < -0.39 is 17.3 Å². The molecule has 6 heteroatoms. The summed E-state index contributed by atoms with van der Waals surface area (Å²) in [6.45, 7) is 7.72. The number of carbonyl (C=O) groups is 2. The van der Waals surface area contributed by atoms with E-state index in [1.807, 2.05) is 13.8 Å². The van der Waals surface area contributed by atoms with Crippen molar-refractivity contribution in [3.05, 3.63) is 0 Å². The van der Waals surface area contributed by atoms with Crippen LogP contribution in [0.2, 0.25) is 0 Å². The highest BCUT2D eigenvalue weighted by Gasteiger charge is 2.27. The lowest BCUT2D eigenvalue weighted by molar-refractivity contribution is -0.142. The fourth-order valence-electron chi connectivity index (χ4n) is 1.70. The van der Waals surface area contributed by atoms with Crippen molar-refractivity contribution < 1.29 is 19.1 Å². The lowest BCUT2D eigenvalue weighted by Gasteiger charge is -2.26. The summed E-state index contributed by atoms with van der Waals surface area (Å²) in [6.07, 6.45) is 1.98. The molecule has 0 aliphatic carbocycles. The second-order valence-corrected chi connectivity index (χ2v) is 5.79. The Morgan fingerprint density at radius 2 is 1.60 bits per heavy atom. The van der Waals surface area contributed by atoms with Gasteiger partial charge in [-0.25, -0.2) is 4.79 Å². The van der Waals surface area contributed by atoms with Gasteiger partial charge in [-0.1, -0.05) is 0 Å². The molecule has 0 saturated carbocycles. The number of unbranched alkanes of at least 4 members (excludes halogenated alkanes) is 1. The summed E-state index contributed by atoms with van der Waals surface area (Å²) in [6, 6.07) is 0. The normalized spacial score (nSPS) is 11.9. The maximum Gasteiger partial charge on any atom is 0.407 e. The van der Waals surface area contributed by atoms with Gasteiger partial charge in [0.25, 0.3) is 5.91 Å². The SMILES string of the molecule is CNC(=O)OC(C)(C)CCCCOC(C)(C)C(=O)NC. The van der Waals surface area contributed by atoms with Crippen molar-refractivity contribution in [1.82, 2.24) is 10.6 Å². The van der Waals surface area contributed by atoms with Gasteiger partial charge >= 0.3 is 6.09 Å². The average molecular weight is 288 g/mol. The van der Waals surface area contributed by atoms with Gasteiger partial charge in [-0.2, -0.15) is 0 Å². The fourth-order valence-corrected chi connectivity index (χ4v) is 1.70. The van der Waals surface area contributed by atoms with E-state index in [0.717, 1.165) is 19.3 Å². The topological polar surface area (TPSA) is 76.7 Å². The van der Waals surface area contributed by atoms with Crippen molar-refractivity contribution in [2.45, 2.75) is 58.2 Å². The molecule has 0 fully saturated rings. The largest absolute Gasteiger partial charge is 0.444 e. The minimum absolute atomic E-state index is 0.138. The van der Waals surface area contributed by atoms with E-state index >= 15 is 0 Å². The summed E-state index contributed by atoms with van der Waals surface area (Å²) in [5.74, 6) is -0.138. The quantitative estimate of drug-likeness (QED) is 0.668. The number of alkyl carbamates (subject to hydrolysis) is 1. The number of hydrogen-bond acceptors (Lipinski definition) is 4. The van der Waals surface area contributed by atoms with Gasteiger partial charge in [0, 0.05) is 20.7 Å². The molecule has 0 aromatic carbocycles. The summed E-state index contributed by atoms with van der Waals surface area (Å²) in [5, 5.41) is 5.00. The van der Waals surface area contributed by atoms with Crippen LogP contribution in [0.4, 0.5) is 4.79 Å². The highest BCUT2D eigenvalue weighted by Crippen LogP contribution is 2.19. The molecule has 0 aromatic heterocycles. The summed E-state index contributed by atoms with van der Waals surface area (Å²) in [7, 11) is 3.12. The van der Waals surface area contributed by atoms with E-state index in [2.05, 4.69) is 10.6 Å². The molecular weight excluding hydrogens is 260 g/mol. The zero-order valence-corrected chi connectivity index (χ0v) is 13.5. The molecule has 0 heterocycles. The van der Waals surface area contributed by atoms with E-state index in [-0.39, 0.29) is 5.91 Å². The van der Waals surface area contributed by atoms with Crippen molar-refractivity contribution >= 4 is 12.0 Å². The third-order valence-corrected chi connectivity index (χ3v) is 2.98. The minimum Gasteiger partial charge on any atom is -0.444 e. The third-order valence-electron chi connectivity index (χ3n) is 2.98. The Morgan fingerprint density at radius 3 is 2.10 bits per heavy atom. The van der Waals surface area contributed by atoms with Crippen molar-refractivity contribution in [2.24, 2.45) is 0 Å². The molecule has 0 bridgehead atoms. The first-order valence-corrected chi connectivity index (χ1v) is 6.91. The molecule has 0 aliphatic heterocycles. The molecule has 118 valence electrons. The second-order valence-electron chi connectivity index (χ2n) is 5.79. The monoisotopic (exact) mass is 288 g/mol. The van der Waals surface area contributed by atoms with Crippen molar-refractivity contribution in [3.8, 4) is 0 Å². The molecule has 6 nitrogen and oxygen atoms in total. The van der Waals surface area contributed by atoms with E-state index in [4.69, 9.17) is 9.47 Å². The Labute approximate surface area is 121 Å². The molecule has 0 aromatic rings. The van der Waals surface area contributed by atoms with Crippen LogP contribution >= 0.6 is 0 Å². The molecule has 0 atom stereocenters. The van der Waals surface area contributed by atoms with Crippen molar-refractivity contribution in [3.63, 3.8) is 0 Å². The number of carbonyl (C=O) groups excluding carboxylic acids is 2. The van der Waals surface area contributed by atoms with Crippen LogP contribution in [0.1, 0.15) is 47.0 Å². The number of amides is 2. The van der Waals surface area contributed by atoms with Crippen molar-refractivity contribution in [2.75, 3.05) is 20.7 Å². The van der Waals surface area contributed by atoms with Crippen LogP contribution < -0.4 is 10.6 Å². The van der Waals surface area contributed by atoms with Crippen LogP contribution in [0.15, 0.2) is 0 Å². The number of likely N-dealkylation sites (N-methyl/N-ethyl adjacent to an activating group) is 1. The van der Waals surface area contributed by atoms with Crippen LogP contribution in [0.5, 0.6) is 0 Å². The maximum atomic E-state index is 11.5. The Kier molecular flexibility index (Phi) is 7.57. The molecule has 0 unspecified atom stereocenters. The molecular formula is C14H28N2O4. The highest BCUT2D eigenvalue weighted by molar-refractivity contribution is 5.83. The molecule has 0 rings (SSSR count). The molecule has 0 spiro atoms. The van der Waals surface area contributed by atoms with Crippen molar-refractivity contribution in [1.29, 1.82) is 0 Å². The number of nitrogens with one attached hydrogen (secondary N) is 2. The fraction of sp³-hybridized carbons (Fsp3) is 0.857. The molecule has 20 heavy (non-hydrogen) atoms. The third kappa shape index (κ3) is 7.33. The molecule has 0 saturated heterocycles. The van der Waals surface area contributed by atoms with Gasteiger partial charge < -0.3 is 20.1 Å². The van der Waals surface area contributed by atoms with Crippen LogP contribution in [0.3, 0.4) is 0 Å². The smallest absolute Gasteiger partial charge is 0.407 e. The highest BCUT2D eigenvalue weighted by atomic mass is 16.6. The standard InChI is InChI=1S/C14H28N2O4/c1-13(2,20-12(18)16-6)9-7-8-10-19-14(3,4)11(17)15-5/h7-10H2,1-6H3,(H,15,17)(H,16,18). The van der Waals surface area contributed by atoms with E-state index in [1.54, 1.807) is 20.9 Å². The Morgan fingerprint density at radius 1 is 1.00 bits per heavy atom. The van der Waals surface area contributed by atoms with E-state index in [9.17, 15) is 9.59 Å². The molecule has 0 aliphatic rings. The minimum atomic E-state index is -0.817. The Bertz CT molecular complexity index is 327. The Hall–Kier alpha value is -1.30. The molecule has 0 radical (unpaired) electrons. The molecule has 2 amide bonds. The van der Waals surface area contributed by atoms with Gasteiger partial charge in [0.2, 0.25) is 0 Å². The van der Waals surface area contributed by atoms with Gasteiger partial charge in [0.1, 0.15) is 11.2 Å². The first-order chi connectivity index (χ1) is 9.14. The van der Waals surface area contributed by atoms with Crippen LogP contribution in [0.25, 0.3) is 0 Å². The zero-order valence-electron chi connectivity index (χ0n) is 13.5. The van der Waals surface area contributed by atoms with Gasteiger partial charge in [-0.15, -0.1) is 0 Å². The zero-order chi connectivity index (χ0) is 15.8. The van der Waals surface area contributed by atoms with Gasteiger partial charge in [-0.05, 0) is 47.0 Å². The Balaban J connectivity index is 3.92. The summed E-state index contributed by atoms with van der Waals surface area (Å²) >= 11 is 0. The van der Waals surface area contributed by atoms with Crippen LogP contribution in [-0.4, -0.2) is 43.9 Å². The van der Waals surface area contributed by atoms with Crippen LogP contribution in [0, 0.1) is 0 Å². The number of ether oxygens (including phenoxy) is 2.